The molecule has 0 aromatic carbocycles. The van der Waals surface area contributed by atoms with Crippen LogP contribution in [0.3, 0.4) is 0 Å². The largest absolute Gasteiger partial charge is 0.481 e. The van der Waals surface area contributed by atoms with Gasteiger partial charge in [0.05, 0.1) is 5.69 Å². The van der Waals surface area contributed by atoms with Gasteiger partial charge in [-0.2, -0.15) is 0 Å². The van der Waals surface area contributed by atoms with E-state index in [1.807, 2.05) is 13.0 Å². The minimum absolute atomic E-state index is 0.324. The Labute approximate surface area is 127 Å². The monoisotopic (exact) mass is 295 g/mol. The molecule has 0 unspecified atom stereocenters. The van der Waals surface area contributed by atoms with Crippen LogP contribution in [0.2, 0.25) is 0 Å². The molecule has 0 atom stereocenters. The van der Waals surface area contributed by atoms with Crippen molar-refractivity contribution in [2.24, 2.45) is 0 Å². The van der Waals surface area contributed by atoms with Crippen molar-refractivity contribution in [1.82, 2.24) is 5.16 Å². The summed E-state index contributed by atoms with van der Waals surface area (Å²) in [6, 6.07) is 2.02. The lowest BCUT2D eigenvalue weighted by Gasteiger charge is -2.02. The lowest BCUT2D eigenvalue weighted by Crippen LogP contribution is -1.93. The predicted octanol–water partition coefficient (Wildman–Crippen LogP) is 4.90. The van der Waals surface area contributed by atoms with Crippen LogP contribution in [-0.4, -0.2) is 16.2 Å². The maximum Gasteiger partial charge on any atom is 0.303 e. The third-order valence-corrected chi connectivity index (χ3v) is 3.74. The van der Waals surface area contributed by atoms with Crippen molar-refractivity contribution in [2.45, 2.75) is 84.0 Å². The van der Waals surface area contributed by atoms with Gasteiger partial charge in [0.15, 0.2) is 0 Å². The highest BCUT2D eigenvalue weighted by Crippen LogP contribution is 2.13. The summed E-state index contributed by atoms with van der Waals surface area (Å²) in [5.74, 6) is 0.337. The van der Waals surface area contributed by atoms with Crippen LogP contribution in [0, 0.1) is 6.92 Å². The molecule has 4 heteroatoms. The molecule has 1 N–H and O–H groups in total. The lowest BCUT2D eigenvalue weighted by atomic mass is 10.0. The number of carboxylic acid groups (broad SMARTS) is 1. The van der Waals surface area contributed by atoms with Gasteiger partial charge in [0.1, 0.15) is 5.76 Å². The smallest absolute Gasteiger partial charge is 0.303 e. The summed E-state index contributed by atoms with van der Waals surface area (Å²) >= 11 is 0. The Kier molecular flexibility index (Phi) is 9.58. The highest BCUT2D eigenvalue weighted by molar-refractivity contribution is 5.66. The fourth-order valence-corrected chi connectivity index (χ4v) is 2.52. The number of aliphatic carboxylic acids is 1. The van der Waals surface area contributed by atoms with Crippen molar-refractivity contribution in [1.29, 1.82) is 0 Å². The first kappa shape index (κ1) is 17.7. The molecule has 0 saturated carbocycles. The van der Waals surface area contributed by atoms with Gasteiger partial charge in [-0.1, -0.05) is 56.5 Å². The van der Waals surface area contributed by atoms with Crippen molar-refractivity contribution in [3.8, 4) is 0 Å². The van der Waals surface area contributed by atoms with Crippen molar-refractivity contribution in [2.75, 3.05) is 0 Å². The van der Waals surface area contributed by atoms with Crippen molar-refractivity contribution in [3.63, 3.8) is 0 Å². The Morgan fingerprint density at radius 1 is 1.00 bits per heavy atom. The molecule has 21 heavy (non-hydrogen) atoms. The molecule has 0 radical (unpaired) electrons. The van der Waals surface area contributed by atoms with E-state index in [0.29, 0.717) is 6.42 Å². The molecular weight excluding hydrogens is 266 g/mol. The standard InChI is InChI=1S/C17H29NO3/c1-15-14-16(21-18-15)12-10-8-6-4-2-3-5-7-9-11-13-17(19)20/h14H,2-13H2,1H3,(H,19,20). The van der Waals surface area contributed by atoms with Gasteiger partial charge >= 0.3 is 5.97 Å². The van der Waals surface area contributed by atoms with Crippen LogP contribution >= 0.6 is 0 Å². The molecule has 0 aliphatic rings. The van der Waals surface area contributed by atoms with Crippen LogP contribution in [0.4, 0.5) is 0 Å². The summed E-state index contributed by atoms with van der Waals surface area (Å²) in [6.07, 6.45) is 13.3. The molecule has 0 aliphatic carbocycles. The van der Waals surface area contributed by atoms with E-state index in [0.717, 1.165) is 30.7 Å². The molecule has 1 aromatic rings. The fraction of sp³-hybridized carbons (Fsp3) is 0.765. The van der Waals surface area contributed by atoms with E-state index in [1.165, 1.54) is 51.4 Å². The Morgan fingerprint density at radius 2 is 1.52 bits per heavy atom. The van der Waals surface area contributed by atoms with Crippen molar-refractivity contribution in [3.05, 3.63) is 17.5 Å². The van der Waals surface area contributed by atoms with E-state index in [4.69, 9.17) is 9.63 Å². The number of unbranched alkanes of at least 4 members (excludes halogenated alkanes) is 9. The summed E-state index contributed by atoms with van der Waals surface area (Å²) in [4.78, 5) is 10.3. The third kappa shape index (κ3) is 10.1. The van der Waals surface area contributed by atoms with Gasteiger partial charge in [0.25, 0.3) is 0 Å². The maximum atomic E-state index is 10.3. The van der Waals surface area contributed by atoms with E-state index >= 15 is 0 Å². The number of rotatable bonds is 13. The molecule has 0 aliphatic heterocycles. The number of aryl methyl sites for hydroxylation is 2. The number of hydrogen-bond acceptors (Lipinski definition) is 3. The Balaban J connectivity index is 1.77. The molecular formula is C17H29NO3. The van der Waals surface area contributed by atoms with Gasteiger partial charge in [-0.05, 0) is 19.8 Å². The van der Waals surface area contributed by atoms with Crippen LogP contribution < -0.4 is 0 Å². The third-order valence-electron chi connectivity index (χ3n) is 3.74. The first-order valence-corrected chi connectivity index (χ1v) is 8.32. The van der Waals surface area contributed by atoms with Gasteiger partial charge in [0.2, 0.25) is 0 Å². The molecule has 0 saturated heterocycles. The van der Waals surface area contributed by atoms with Crippen LogP contribution in [0.25, 0.3) is 0 Å². The van der Waals surface area contributed by atoms with Gasteiger partial charge in [0, 0.05) is 18.9 Å². The van der Waals surface area contributed by atoms with E-state index < -0.39 is 5.97 Å². The first-order chi connectivity index (χ1) is 10.2. The summed E-state index contributed by atoms with van der Waals surface area (Å²) in [5, 5.41) is 12.4. The number of carboxylic acids is 1. The average Bonchev–Trinajstić information content (AvgIpc) is 2.85. The van der Waals surface area contributed by atoms with Crippen LogP contribution in [0.1, 0.15) is 82.1 Å². The van der Waals surface area contributed by atoms with E-state index in [9.17, 15) is 4.79 Å². The molecule has 0 fully saturated rings. The summed E-state index contributed by atoms with van der Waals surface area (Å²) < 4.78 is 5.18. The molecule has 1 aromatic heterocycles. The number of hydrogen-bond donors (Lipinski definition) is 1. The Hall–Kier alpha value is -1.32. The summed E-state index contributed by atoms with van der Waals surface area (Å²) in [5.41, 5.74) is 0.966. The molecule has 0 bridgehead atoms. The minimum Gasteiger partial charge on any atom is -0.481 e. The van der Waals surface area contributed by atoms with Crippen LogP contribution in [-0.2, 0) is 11.2 Å². The second-order valence-electron chi connectivity index (χ2n) is 5.86. The second kappa shape index (κ2) is 11.4. The zero-order valence-electron chi connectivity index (χ0n) is 13.3. The lowest BCUT2D eigenvalue weighted by molar-refractivity contribution is -0.137. The highest BCUT2D eigenvalue weighted by Gasteiger charge is 2.00. The summed E-state index contributed by atoms with van der Waals surface area (Å²) in [6.45, 7) is 1.95. The zero-order chi connectivity index (χ0) is 15.3. The van der Waals surface area contributed by atoms with Crippen LogP contribution in [0.15, 0.2) is 10.6 Å². The predicted molar refractivity (Wildman–Crippen MR) is 83.4 cm³/mol. The van der Waals surface area contributed by atoms with Gasteiger partial charge in [-0.15, -0.1) is 0 Å². The van der Waals surface area contributed by atoms with E-state index in [2.05, 4.69) is 5.16 Å². The quantitative estimate of drug-likeness (QED) is 0.526. The first-order valence-electron chi connectivity index (χ1n) is 8.32. The van der Waals surface area contributed by atoms with Gasteiger partial charge in [-0.3, -0.25) is 4.79 Å². The average molecular weight is 295 g/mol. The van der Waals surface area contributed by atoms with E-state index in [-0.39, 0.29) is 0 Å². The van der Waals surface area contributed by atoms with Crippen molar-refractivity contribution < 1.29 is 14.4 Å². The maximum absolute atomic E-state index is 10.3. The minimum atomic E-state index is -0.671. The Bertz CT molecular complexity index is 387. The molecule has 1 rings (SSSR count). The molecule has 1 heterocycles. The second-order valence-corrected chi connectivity index (χ2v) is 5.86. The molecule has 0 amide bonds. The normalized spacial score (nSPS) is 10.9. The number of carbonyl (C=O) groups is 1. The molecule has 0 spiro atoms. The van der Waals surface area contributed by atoms with Crippen molar-refractivity contribution >= 4 is 5.97 Å². The molecule has 4 nitrogen and oxygen atoms in total. The summed E-state index contributed by atoms with van der Waals surface area (Å²) in [7, 11) is 0. The van der Waals surface area contributed by atoms with Gasteiger partial charge < -0.3 is 9.63 Å². The van der Waals surface area contributed by atoms with Crippen LogP contribution in [0.5, 0.6) is 0 Å². The Morgan fingerprint density at radius 3 is 2.00 bits per heavy atom. The SMILES string of the molecule is Cc1cc(CCCCCCCCCCCCC(=O)O)on1. The van der Waals surface area contributed by atoms with Gasteiger partial charge in [-0.25, -0.2) is 0 Å². The van der Waals surface area contributed by atoms with E-state index in [1.54, 1.807) is 0 Å². The zero-order valence-corrected chi connectivity index (χ0v) is 13.3. The molecule has 120 valence electrons. The highest BCUT2D eigenvalue weighted by atomic mass is 16.5. The number of aromatic nitrogens is 1. The number of nitrogens with zero attached hydrogens (tertiary/aromatic N) is 1. The topological polar surface area (TPSA) is 63.3 Å². The fourth-order valence-electron chi connectivity index (χ4n) is 2.52.